The van der Waals surface area contributed by atoms with Gasteiger partial charge in [0.2, 0.25) is 0 Å². The van der Waals surface area contributed by atoms with E-state index in [1.807, 2.05) is 12.4 Å². The van der Waals surface area contributed by atoms with Crippen molar-refractivity contribution in [2.75, 3.05) is 0 Å². The van der Waals surface area contributed by atoms with Crippen molar-refractivity contribution < 1.29 is 0 Å². The minimum atomic E-state index is 0.280. The van der Waals surface area contributed by atoms with Crippen molar-refractivity contribution in [3.05, 3.63) is 42.2 Å². The van der Waals surface area contributed by atoms with E-state index in [0.29, 0.717) is 11.3 Å². The first-order chi connectivity index (χ1) is 9.97. The summed E-state index contributed by atoms with van der Waals surface area (Å²) in [4.78, 5) is 4.24. The van der Waals surface area contributed by atoms with Crippen LogP contribution < -0.4 is 5.73 Å². The summed E-state index contributed by atoms with van der Waals surface area (Å²) >= 11 is 0. The number of aromatic nitrogens is 1. The zero-order chi connectivity index (χ0) is 15.0. The highest BCUT2D eigenvalue weighted by Crippen LogP contribution is 2.44. The molecule has 1 aliphatic rings. The lowest BCUT2D eigenvalue weighted by molar-refractivity contribution is 0.154. The average molecular weight is 282 g/mol. The van der Waals surface area contributed by atoms with Gasteiger partial charge in [0.25, 0.3) is 0 Å². The Kier molecular flexibility index (Phi) is 3.75. The highest BCUT2D eigenvalue weighted by molar-refractivity contribution is 5.85. The van der Waals surface area contributed by atoms with Crippen LogP contribution in [-0.4, -0.2) is 11.0 Å². The summed E-state index contributed by atoms with van der Waals surface area (Å²) in [6.07, 6.45) is 7.43. The molecule has 1 aromatic heterocycles. The Balaban J connectivity index is 2.00. The molecule has 0 bridgehead atoms. The quantitative estimate of drug-likeness (QED) is 0.837. The number of hydrogen-bond donors (Lipinski definition) is 1. The molecule has 1 aliphatic carbocycles. The van der Waals surface area contributed by atoms with Crippen LogP contribution in [0.2, 0.25) is 0 Å². The SMILES string of the molecule is CC(C)(C)C1CCC(N)C(c2cccc3cnccc23)C1. The van der Waals surface area contributed by atoms with Crippen LogP contribution in [0.5, 0.6) is 0 Å². The molecule has 2 heteroatoms. The third kappa shape index (κ3) is 2.82. The summed E-state index contributed by atoms with van der Waals surface area (Å²) in [6.45, 7) is 7.08. The van der Waals surface area contributed by atoms with E-state index in [-0.39, 0.29) is 6.04 Å². The summed E-state index contributed by atoms with van der Waals surface area (Å²) in [5.41, 5.74) is 8.27. The van der Waals surface area contributed by atoms with Crippen molar-refractivity contribution in [2.45, 2.75) is 52.0 Å². The van der Waals surface area contributed by atoms with Gasteiger partial charge in [-0.05, 0) is 53.5 Å². The molecule has 0 amide bonds. The first-order valence-electron chi connectivity index (χ1n) is 8.05. The highest BCUT2D eigenvalue weighted by Gasteiger charge is 2.35. The predicted molar refractivity (Wildman–Crippen MR) is 89.3 cm³/mol. The molecule has 2 N–H and O–H groups in total. The molecule has 1 heterocycles. The van der Waals surface area contributed by atoms with Crippen molar-refractivity contribution in [1.29, 1.82) is 0 Å². The van der Waals surface area contributed by atoms with Crippen LogP contribution in [0.4, 0.5) is 0 Å². The molecule has 0 saturated heterocycles. The van der Waals surface area contributed by atoms with Crippen LogP contribution in [0.25, 0.3) is 10.8 Å². The Labute approximate surface area is 127 Å². The van der Waals surface area contributed by atoms with E-state index in [4.69, 9.17) is 5.73 Å². The Bertz CT molecular complexity index is 621. The minimum absolute atomic E-state index is 0.280. The summed E-state index contributed by atoms with van der Waals surface area (Å²) in [5, 5.41) is 2.54. The first kappa shape index (κ1) is 14.5. The number of rotatable bonds is 1. The van der Waals surface area contributed by atoms with Gasteiger partial charge >= 0.3 is 0 Å². The Morgan fingerprint density at radius 1 is 1.14 bits per heavy atom. The fourth-order valence-corrected chi connectivity index (χ4v) is 3.81. The minimum Gasteiger partial charge on any atom is -0.327 e. The van der Waals surface area contributed by atoms with Crippen LogP contribution in [-0.2, 0) is 0 Å². The topological polar surface area (TPSA) is 38.9 Å². The van der Waals surface area contributed by atoms with Gasteiger partial charge in [-0.2, -0.15) is 0 Å². The number of hydrogen-bond acceptors (Lipinski definition) is 2. The lowest BCUT2D eigenvalue weighted by Gasteiger charge is -2.41. The van der Waals surface area contributed by atoms with Gasteiger partial charge in [0.15, 0.2) is 0 Å². The number of pyridine rings is 1. The van der Waals surface area contributed by atoms with E-state index < -0.39 is 0 Å². The van der Waals surface area contributed by atoms with Crippen LogP contribution in [0.3, 0.4) is 0 Å². The fourth-order valence-electron chi connectivity index (χ4n) is 3.81. The second kappa shape index (κ2) is 5.42. The predicted octanol–water partition coefficient (Wildman–Crippen LogP) is 4.49. The molecular formula is C19H26N2. The third-order valence-electron chi connectivity index (χ3n) is 5.24. The second-order valence-electron chi connectivity index (χ2n) is 7.59. The van der Waals surface area contributed by atoms with Crippen LogP contribution >= 0.6 is 0 Å². The van der Waals surface area contributed by atoms with Gasteiger partial charge < -0.3 is 5.73 Å². The molecule has 2 aromatic rings. The Hall–Kier alpha value is -1.41. The zero-order valence-corrected chi connectivity index (χ0v) is 13.3. The lowest BCUT2D eigenvalue weighted by atomic mass is 9.66. The van der Waals surface area contributed by atoms with E-state index in [1.54, 1.807) is 0 Å². The first-order valence-corrected chi connectivity index (χ1v) is 8.05. The number of nitrogens with two attached hydrogens (primary N) is 1. The van der Waals surface area contributed by atoms with Gasteiger partial charge in [0.1, 0.15) is 0 Å². The Morgan fingerprint density at radius 2 is 1.95 bits per heavy atom. The smallest absolute Gasteiger partial charge is 0.0346 e. The van der Waals surface area contributed by atoms with Gasteiger partial charge in [-0.3, -0.25) is 4.98 Å². The molecule has 2 nitrogen and oxygen atoms in total. The molecule has 0 aliphatic heterocycles. The number of nitrogens with zero attached hydrogens (tertiary/aromatic N) is 1. The van der Waals surface area contributed by atoms with Gasteiger partial charge in [0, 0.05) is 23.8 Å². The van der Waals surface area contributed by atoms with E-state index >= 15 is 0 Å². The zero-order valence-electron chi connectivity index (χ0n) is 13.3. The summed E-state index contributed by atoms with van der Waals surface area (Å²) in [6, 6.07) is 8.96. The Morgan fingerprint density at radius 3 is 2.71 bits per heavy atom. The van der Waals surface area contributed by atoms with Crippen LogP contribution in [0.1, 0.15) is 51.5 Å². The molecule has 3 unspecified atom stereocenters. The van der Waals surface area contributed by atoms with Gasteiger partial charge in [-0.25, -0.2) is 0 Å². The molecular weight excluding hydrogens is 256 g/mol. The van der Waals surface area contributed by atoms with Crippen LogP contribution in [0.15, 0.2) is 36.7 Å². The average Bonchev–Trinajstić information content (AvgIpc) is 2.46. The standard InChI is InChI=1S/C19H26N2/c1-19(2,3)14-7-8-18(20)17(11-14)16-6-4-5-13-12-21-10-9-15(13)16/h4-6,9-10,12,14,17-18H,7-8,11,20H2,1-3H3. The van der Waals surface area contributed by atoms with Gasteiger partial charge in [-0.15, -0.1) is 0 Å². The summed E-state index contributed by atoms with van der Waals surface area (Å²) < 4.78 is 0. The summed E-state index contributed by atoms with van der Waals surface area (Å²) in [7, 11) is 0. The molecule has 3 rings (SSSR count). The molecule has 0 radical (unpaired) electrons. The van der Waals surface area contributed by atoms with Crippen LogP contribution in [0, 0.1) is 11.3 Å². The molecule has 21 heavy (non-hydrogen) atoms. The molecule has 112 valence electrons. The summed E-state index contributed by atoms with van der Waals surface area (Å²) in [5.74, 6) is 1.22. The maximum absolute atomic E-state index is 6.49. The molecule has 0 spiro atoms. The van der Waals surface area contributed by atoms with E-state index in [1.165, 1.54) is 29.2 Å². The third-order valence-corrected chi connectivity index (χ3v) is 5.24. The largest absolute Gasteiger partial charge is 0.327 e. The monoisotopic (exact) mass is 282 g/mol. The van der Waals surface area contributed by atoms with Crippen molar-refractivity contribution >= 4 is 10.8 Å². The molecule has 1 fully saturated rings. The van der Waals surface area contributed by atoms with Gasteiger partial charge in [0.05, 0.1) is 0 Å². The van der Waals surface area contributed by atoms with Crippen molar-refractivity contribution in [3.8, 4) is 0 Å². The van der Waals surface area contributed by atoms with Crippen molar-refractivity contribution in [1.82, 2.24) is 4.98 Å². The molecule has 1 aromatic carbocycles. The van der Waals surface area contributed by atoms with E-state index in [2.05, 4.69) is 50.0 Å². The van der Waals surface area contributed by atoms with E-state index in [9.17, 15) is 0 Å². The highest BCUT2D eigenvalue weighted by atomic mass is 14.7. The fraction of sp³-hybridized carbons (Fsp3) is 0.526. The van der Waals surface area contributed by atoms with Crippen molar-refractivity contribution in [2.24, 2.45) is 17.1 Å². The number of fused-ring (bicyclic) bond motifs is 1. The van der Waals surface area contributed by atoms with Crippen molar-refractivity contribution in [3.63, 3.8) is 0 Å². The maximum Gasteiger partial charge on any atom is 0.0346 e. The van der Waals surface area contributed by atoms with Gasteiger partial charge in [-0.1, -0.05) is 39.0 Å². The lowest BCUT2D eigenvalue weighted by Crippen LogP contribution is -2.38. The second-order valence-corrected chi connectivity index (χ2v) is 7.59. The normalized spacial score (nSPS) is 27.0. The molecule has 3 atom stereocenters. The maximum atomic E-state index is 6.49. The molecule has 1 saturated carbocycles. The van der Waals surface area contributed by atoms with E-state index in [0.717, 1.165) is 12.3 Å². The number of benzene rings is 1.